The minimum absolute atomic E-state index is 0.0583. The van der Waals surface area contributed by atoms with Gasteiger partial charge in [0.05, 0.1) is 36.2 Å². The summed E-state index contributed by atoms with van der Waals surface area (Å²) in [6.07, 6.45) is 0.932. The second kappa shape index (κ2) is 11.9. The Labute approximate surface area is 239 Å². The van der Waals surface area contributed by atoms with Gasteiger partial charge in [-0.3, -0.25) is 9.59 Å². The number of amides is 2. The second-order valence-electron chi connectivity index (χ2n) is 11.5. The molecule has 0 radical (unpaired) electrons. The van der Waals surface area contributed by atoms with Gasteiger partial charge in [0.25, 0.3) is 11.8 Å². The van der Waals surface area contributed by atoms with Crippen molar-refractivity contribution in [3.63, 3.8) is 0 Å². The van der Waals surface area contributed by atoms with E-state index in [4.69, 9.17) is 20.0 Å². The van der Waals surface area contributed by atoms with Crippen LogP contribution in [0.15, 0.2) is 23.0 Å². The number of imidazole rings is 1. The summed E-state index contributed by atoms with van der Waals surface area (Å²) in [6.45, 7) is 3.50. The first kappa shape index (κ1) is 29.8. The molecule has 3 aromatic heterocycles. The van der Waals surface area contributed by atoms with Crippen LogP contribution in [-0.4, -0.2) is 50.0 Å². The molecule has 5 rings (SSSR count). The van der Waals surface area contributed by atoms with Crippen LogP contribution in [-0.2, 0) is 4.79 Å². The Kier molecular flexibility index (Phi) is 8.42. The minimum atomic E-state index is -2.78. The zero-order valence-electron chi connectivity index (χ0n) is 23.4. The third-order valence-corrected chi connectivity index (χ3v) is 7.83. The van der Waals surface area contributed by atoms with E-state index in [1.54, 1.807) is 32.3 Å². The molecule has 0 unspecified atom stereocenters. The van der Waals surface area contributed by atoms with Gasteiger partial charge in [-0.1, -0.05) is 0 Å². The lowest BCUT2D eigenvalue weighted by molar-refractivity contribution is -0.122. The molecule has 2 fully saturated rings. The number of nitrogens with two attached hydrogens (primary N) is 1. The molecule has 228 valence electrons. The monoisotopic (exact) mass is 594 g/mol. The molecular formula is C28H34F4N6O4. The molecule has 0 bridgehead atoms. The van der Waals surface area contributed by atoms with Crippen LogP contribution < -0.4 is 15.8 Å². The van der Waals surface area contributed by atoms with Gasteiger partial charge in [0.2, 0.25) is 18.3 Å². The largest absolute Gasteiger partial charge is 0.472 e. The van der Waals surface area contributed by atoms with Crippen molar-refractivity contribution in [2.45, 2.75) is 95.6 Å². The van der Waals surface area contributed by atoms with Crippen molar-refractivity contribution in [3.05, 3.63) is 41.0 Å². The molecule has 2 amide bonds. The van der Waals surface area contributed by atoms with E-state index >= 15 is 0 Å². The zero-order chi connectivity index (χ0) is 30.2. The Balaban J connectivity index is 1.50. The number of nitrogens with one attached hydrogen (secondary N) is 1. The standard InChI is InChI=1S/C28H34F4N6O4/c1-14(2)41-27-23(26(33)40)25(42-37-27)22(15-7-9-28(31,32)10-8-15)18-13-38-20(35-18)11-17(12-34-38)24(16-3-4-16)36-21(39)6-5-19(29)30/h11-16,19,22,24H,3-10H2,1-2H3,(H2,33,40)(H,36,39)/t22-,24+/m0/s1. The molecule has 0 aromatic carbocycles. The minimum Gasteiger partial charge on any atom is -0.472 e. The molecule has 0 saturated heterocycles. The number of aromatic nitrogens is 4. The van der Waals surface area contributed by atoms with Crippen LogP contribution in [0.5, 0.6) is 5.88 Å². The highest BCUT2D eigenvalue weighted by Gasteiger charge is 2.43. The average Bonchev–Trinajstić information content (AvgIpc) is 3.54. The number of primary amides is 1. The number of carbonyl (C=O) groups is 2. The molecule has 0 aliphatic heterocycles. The number of fused-ring (bicyclic) bond motifs is 1. The summed E-state index contributed by atoms with van der Waals surface area (Å²) in [5.74, 6) is -4.99. The van der Waals surface area contributed by atoms with Crippen LogP contribution in [0, 0.1) is 11.8 Å². The Bertz CT molecular complexity index is 1430. The third kappa shape index (κ3) is 6.67. The van der Waals surface area contributed by atoms with E-state index in [1.165, 1.54) is 4.52 Å². The highest BCUT2D eigenvalue weighted by molar-refractivity contribution is 5.96. The van der Waals surface area contributed by atoms with Crippen molar-refractivity contribution in [2.75, 3.05) is 0 Å². The topological polar surface area (TPSA) is 138 Å². The van der Waals surface area contributed by atoms with Crippen LogP contribution in [0.3, 0.4) is 0 Å². The van der Waals surface area contributed by atoms with E-state index in [-0.39, 0.29) is 67.2 Å². The number of ether oxygens (including phenoxy) is 1. The van der Waals surface area contributed by atoms with E-state index in [2.05, 4.69) is 15.6 Å². The van der Waals surface area contributed by atoms with E-state index in [9.17, 15) is 27.2 Å². The molecular weight excluding hydrogens is 560 g/mol. The summed E-state index contributed by atoms with van der Waals surface area (Å²) >= 11 is 0. The van der Waals surface area contributed by atoms with Gasteiger partial charge in [0, 0.05) is 25.7 Å². The van der Waals surface area contributed by atoms with Crippen LogP contribution in [0.1, 0.15) is 105 Å². The quantitative estimate of drug-likeness (QED) is 0.276. The maximum atomic E-state index is 14.1. The molecule has 14 heteroatoms. The van der Waals surface area contributed by atoms with Gasteiger partial charge >= 0.3 is 0 Å². The lowest BCUT2D eigenvalue weighted by Crippen LogP contribution is -2.30. The van der Waals surface area contributed by atoms with Gasteiger partial charge in [-0.2, -0.15) is 5.10 Å². The van der Waals surface area contributed by atoms with Crippen LogP contribution in [0.2, 0.25) is 0 Å². The number of hydrogen-bond donors (Lipinski definition) is 2. The number of nitrogens with zero attached hydrogens (tertiary/aromatic N) is 4. The molecule has 2 atom stereocenters. The fourth-order valence-electron chi connectivity index (χ4n) is 5.63. The first-order chi connectivity index (χ1) is 19.9. The summed E-state index contributed by atoms with van der Waals surface area (Å²) in [4.78, 5) is 29.7. The molecule has 2 aliphatic carbocycles. The smallest absolute Gasteiger partial charge is 0.267 e. The number of rotatable bonds is 12. The maximum absolute atomic E-state index is 14.1. The predicted octanol–water partition coefficient (Wildman–Crippen LogP) is 5.17. The lowest BCUT2D eigenvalue weighted by atomic mass is 9.75. The Morgan fingerprint density at radius 3 is 2.52 bits per heavy atom. The first-order valence-electron chi connectivity index (χ1n) is 14.2. The molecule has 0 spiro atoms. The van der Waals surface area contributed by atoms with Gasteiger partial charge in [-0.25, -0.2) is 27.1 Å². The van der Waals surface area contributed by atoms with Crippen molar-refractivity contribution >= 4 is 17.5 Å². The summed E-state index contributed by atoms with van der Waals surface area (Å²) in [5.41, 5.74) is 7.17. The van der Waals surface area contributed by atoms with Crippen LogP contribution in [0.25, 0.3) is 5.65 Å². The van der Waals surface area contributed by atoms with Crippen molar-refractivity contribution in [1.29, 1.82) is 0 Å². The zero-order valence-corrected chi connectivity index (χ0v) is 23.4. The maximum Gasteiger partial charge on any atom is 0.267 e. The first-order valence-corrected chi connectivity index (χ1v) is 14.2. The summed E-state index contributed by atoms with van der Waals surface area (Å²) in [7, 11) is 0. The highest BCUT2D eigenvalue weighted by Crippen LogP contribution is 2.47. The predicted molar refractivity (Wildman–Crippen MR) is 141 cm³/mol. The lowest BCUT2D eigenvalue weighted by Gasteiger charge is -2.32. The average molecular weight is 595 g/mol. The normalized spacial score (nSPS) is 18.9. The van der Waals surface area contributed by atoms with Crippen LogP contribution >= 0.6 is 0 Å². The van der Waals surface area contributed by atoms with E-state index < -0.39 is 42.5 Å². The van der Waals surface area contributed by atoms with Gasteiger partial charge in [0.15, 0.2) is 11.4 Å². The van der Waals surface area contributed by atoms with Crippen molar-refractivity contribution in [2.24, 2.45) is 17.6 Å². The molecule has 3 heterocycles. The number of carbonyl (C=O) groups excluding carboxylic acids is 2. The van der Waals surface area contributed by atoms with Gasteiger partial charge in [-0.15, -0.1) is 0 Å². The summed E-state index contributed by atoms with van der Waals surface area (Å²) < 4.78 is 66.2. The molecule has 2 aliphatic rings. The third-order valence-electron chi connectivity index (χ3n) is 7.83. The van der Waals surface area contributed by atoms with E-state index in [0.29, 0.717) is 16.9 Å². The molecule has 10 nitrogen and oxygen atoms in total. The molecule has 3 N–H and O–H groups in total. The molecule has 42 heavy (non-hydrogen) atoms. The van der Waals surface area contributed by atoms with Crippen LogP contribution in [0.4, 0.5) is 17.6 Å². The number of hydrogen-bond acceptors (Lipinski definition) is 7. The number of alkyl halides is 4. The summed E-state index contributed by atoms with van der Waals surface area (Å²) in [6, 6.07) is 1.34. The Morgan fingerprint density at radius 1 is 1.19 bits per heavy atom. The van der Waals surface area contributed by atoms with E-state index in [1.807, 2.05) is 0 Å². The second-order valence-corrected chi connectivity index (χ2v) is 11.5. The fraction of sp³-hybridized carbons (Fsp3) is 0.607. The van der Waals surface area contributed by atoms with Crippen molar-refractivity contribution in [1.82, 2.24) is 25.1 Å². The SMILES string of the molecule is CC(C)Oc1noc([C@H](c2cn3ncc([C@H](NC(=O)CCC(F)F)C4CC4)cc3n2)C2CCC(F)(F)CC2)c1C(N)=O. The van der Waals surface area contributed by atoms with Gasteiger partial charge in [-0.05, 0) is 68.2 Å². The summed E-state index contributed by atoms with van der Waals surface area (Å²) in [5, 5.41) is 11.3. The van der Waals surface area contributed by atoms with Gasteiger partial charge in [0.1, 0.15) is 5.56 Å². The van der Waals surface area contributed by atoms with Gasteiger partial charge < -0.3 is 20.3 Å². The fourth-order valence-corrected chi connectivity index (χ4v) is 5.63. The number of halogens is 4. The highest BCUT2D eigenvalue weighted by atomic mass is 19.3. The van der Waals surface area contributed by atoms with E-state index in [0.717, 1.165) is 12.8 Å². The van der Waals surface area contributed by atoms with Crippen molar-refractivity contribution in [3.8, 4) is 5.88 Å². The molecule has 3 aromatic rings. The Hall–Kier alpha value is -3.71. The van der Waals surface area contributed by atoms with Crippen molar-refractivity contribution < 1.29 is 36.4 Å². The molecule has 2 saturated carbocycles. The Morgan fingerprint density at radius 2 is 1.90 bits per heavy atom.